The zero-order chi connectivity index (χ0) is 21.2. The molecule has 0 aromatic heterocycles. The number of halogens is 2. The number of amides is 1. The van der Waals surface area contributed by atoms with Crippen molar-refractivity contribution in [2.24, 2.45) is 0 Å². The molecule has 0 fully saturated rings. The van der Waals surface area contributed by atoms with Crippen molar-refractivity contribution >= 4 is 38.9 Å². The molecule has 0 heterocycles. The quantitative estimate of drug-likeness (QED) is 0.585. The molecule has 29 heavy (non-hydrogen) atoms. The van der Waals surface area contributed by atoms with Gasteiger partial charge in [-0.05, 0) is 67.9 Å². The van der Waals surface area contributed by atoms with Gasteiger partial charge in [0.1, 0.15) is 5.82 Å². The van der Waals surface area contributed by atoms with E-state index in [9.17, 15) is 17.6 Å². The van der Waals surface area contributed by atoms with Gasteiger partial charge in [-0.3, -0.25) is 9.52 Å². The van der Waals surface area contributed by atoms with Crippen LogP contribution < -0.4 is 10.0 Å². The summed E-state index contributed by atoms with van der Waals surface area (Å²) in [5, 5.41) is 2.55. The number of aryl methyl sites for hydroxylation is 2. The van der Waals surface area contributed by atoms with Crippen LogP contribution in [0.4, 0.5) is 15.8 Å². The minimum atomic E-state index is -3.95. The number of carbonyl (C=O) groups is 1. The molecule has 0 unspecified atom stereocenters. The monoisotopic (exact) mass is 432 g/mol. The van der Waals surface area contributed by atoms with Gasteiger partial charge in [-0.2, -0.15) is 0 Å². The fourth-order valence-electron chi connectivity index (χ4n) is 2.70. The first kappa shape index (κ1) is 20.8. The largest absolute Gasteiger partial charge is 0.322 e. The van der Waals surface area contributed by atoms with Crippen LogP contribution in [0.15, 0.2) is 65.6 Å². The normalized spacial score (nSPS) is 11.2. The van der Waals surface area contributed by atoms with Crippen LogP contribution in [0, 0.1) is 19.7 Å². The van der Waals surface area contributed by atoms with Gasteiger partial charge in [0.05, 0.1) is 9.92 Å². The lowest BCUT2D eigenvalue weighted by atomic mass is 10.1. The second kappa shape index (κ2) is 8.23. The van der Waals surface area contributed by atoms with E-state index in [1.165, 1.54) is 24.3 Å². The van der Waals surface area contributed by atoms with Crippen LogP contribution in [-0.4, -0.2) is 14.3 Å². The van der Waals surface area contributed by atoms with Crippen LogP contribution in [-0.2, 0) is 10.0 Å². The Kier molecular flexibility index (Phi) is 5.91. The molecule has 8 heteroatoms. The van der Waals surface area contributed by atoms with Gasteiger partial charge in [0, 0.05) is 16.9 Å². The van der Waals surface area contributed by atoms with E-state index in [4.69, 9.17) is 11.6 Å². The predicted molar refractivity (Wildman–Crippen MR) is 113 cm³/mol. The molecule has 3 aromatic carbocycles. The average Bonchev–Trinajstić information content (AvgIpc) is 2.66. The smallest absolute Gasteiger partial charge is 0.261 e. The van der Waals surface area contributed by atoms with E-state index in [0.717, 1.165) is 29.3 Å². The maximum Gasteiger partial charge on any atom is 0.261 e. The molecule has 0 radical (unpaired) electrons. The van der Waals surface area contributed by atoms with Crippen LogP contribution in [0.2, 0.25) is 5.02 Å². The SMILES string of the molecule is Cc1ccc(NC(=O)c2ccc(NS(=O)(=O)c3ccc(F)c(Cl)c3)cc2)c(C)c1. The average molecular weight is 433 g/mol. The highest BCUT2D eigenvalue weighted by molar-refractivity contribution is 7.92. The highest BCUT2D eigenvalue weighted by Gasteiger charge is 2.16. The molecule has 0 aliphatic heterocycles. The van der Waals surface area contributed by atoms with Crippen molar-refractivity contribution in [3.63, 3.8) is 0 Å². The molecular formula is C21H18ClFN2O3S. The van der Waals surface area contributed by atoms with Crippen molar-refractivity contribution in [3.8, 4) is 0 Å². The first-order chi connectivity index (χ1) is 13.7. The standard InChI is InChI=1S/C21H18ClFN2O3S/c1-13-3-10-20(14(2)11-13)24-21(26)15-4-6-16(7-5-15)25-29(27,28)17-8-9-19(23)18(22)12-17/h3-12,25H,1-2H3,(H,24,26). The number of nitrogens with one attached hydrogen (secondary N) is 2. The molecule has 0 atom stereocenters. The summed E-state index contributed by atoms with van der Waals surface area (Å²) < 4.78 is 40.5. The van der Waals surface area contributed by atoms with Crippen LogP contribution in [0.1, 0.15) is 21.5 Å². The second-order valence-corrected chi connectivity index (χ2v) is 8.62. The zero-order valence-corrected chi connectivity index (χ0v) is 17.2. The van der Waals surface area contributed by atoms with Crippen molar-refractivity contribution in [2.75, 3.05) is 10.0 Å². The summed E-state index contributed by atoms with van der Waals surface area (Å²) in [4.78, 5) is 12.3. The summed E-state index contributed by atoms with van der Waals surface area (Å²) in [6.07, 6.45) is 0. The number of carbonyl (C=O) groups excluding carboxylic acids is 1. The van der Waals surface area contributed by atoms with Crippen LogP contribution in [0.25, 0.3) is 0 Å². The molecule has 2 N–H and O–H groups in total. The molecule has 150 valence electrons. The maximum atomic E-state index is 13.2. The second-order valence-electron chi connectivity index (χ2n) is 6.53. The number of benzene rings is 3. The third-order valence-corrected chi connectivity index (χ3v) is 5.90. The molecule has 3 aromatic rings. The lowest BCUT2D eigenvalue weighted by Gasteiger charge is -2.11. The number of hydrogen-bond donors (Lipinski definition) is 2. The Labute approximate surface area is 173 Å². The number of anilines is 2. The van der Waals surface area contributed by atoms with E-state index in [1.807, 2.05) is 32.0 Å². The molecule has 0 aliphatic rings. The van der Waals surface area contributed by atoms with Gasteiger partial charge in [-0.1, -0.05) is 29.3 Å². The van der Waals surface area contributed by atoms with E-state index in [-0.39, 0.29) is 21.5 Å². The van der Waals surface area contributed by atoms with Crippen molar-refractivity contribution < 1.29 is 17.6 Å². The first-order valence-electron chi connectivity index (χ1n) is 8.62. The molecule has 0 spiro atoms. The maximum absolute atomic E-state index is 13.2. The third-order valence-electron chi connectivity index (χ3n) is 4.23. The van der Waals surface area contributed by atoms with Gasteiger partial charge in [0.25, 0.3) is 15.9 Å². The van der Waals surface area contributed by atoms with Crippen LogP contribution in [0.5, 0.6) is 0 Å². The van der Waals surface area contributed by atoms with Crippen molar-refractivity contribution in [3.05, 3.63) is 88.2 Å². The Balaban J connectivity index is 1.74. The summed E-state index contributed by atoms with van der Waals surface area (Å²) in [6.45, 7) is 3.88. The van der Waals surface area contributed by atoms with E-state index in [1.54, 1.807) is 0 Å². The molecular weight excluding hydrogens is 415 g/mol. The summed E-state index contributed by atoms with van der Waals surface area (Å²) in [5.74, 6) is -1.01. The molecule has 3 rings (SSSR count). The molecule has 0 saturated heterocycles. The minimum Gasteiger partial charge on any atom is -0.322 e. The summed E-state index contributed by atoms with van der Waals surface area (Å²) in [5.41, 5.74) is 3.38. The fraction of sp³-hybridized carbons (Fsp3) is 0.0952. The Morgan fingerprint density at radius 1 is 0.966 bits per heavy atom. The molecule has 0 aliphatic carbocycles. The lowest BCUT2D eigenvalue weighted by Crippen LogP contribution is -2.14. The van der Waals surface area contributed by atoms with Crippen LogP contribution >= 0.6 is 11.6 Å². The summed E-state index contributed by atoms with van der Waals surface area (Å²) in [7, 11) is -3.95. The number of hydrogen-bond acceptors (Lipinski definition) is 3. The van der Waals surface area contributed by atoms with Crippen molar-refractivity contribution in [1.82, 2.24) is 0 Å². The number of rotatable bonds is 5. The highest BCUT2D eigenvalue weighted by Crippen LogP contribution is 2.22. The Bertz CT molecular complexity index is 1180. The fourth-order valence-corrected chi connectivity index (χ4v) is 4.03. The van der Waals surface area contributed by atoms with Gasteiger partial charge in [-0.25, -0.2) is 12.8 Å². The molecule has 0 saturated carbocycles. The Morgan fingerprint density at radius 3 is 2.28 bits per heavy atom. The molecule has 1 amide bonds. The minimum absolute atomic E-state index is 0.166. The Morgan fingerprint density at radius 2 is 1.66 bits per heavy atom. The van der Waals surface area contributed by atoms with E-state index < -0.39 is 15.8 Å². The first-order valence-corrected chi connectivity index (χ1v) is 10.5. The van der Waals surface area contributed by atoms with Crippen molar-refractivity contribution in [2.45, 2.75) is 18.7 Å². The summed E-state index contributed by atoms with van der Waals surface area (Å²) in [6, 6.07) is 14.8. The number of sulfonamides is 1. The Hall–Kier alpha value is -2.90. The van der Waals surface area contributed by atoms with Gasteiger partial charge < -0.3 is 5.32 Å². The summed E-state index contributed by atoms with van der Waals surface area (Å²) >= 11 is 5.65. The third kappa shape index (κ3) is 4.93. The zero-order valence-electron chi connectivity index (χ0n) is 15.7. The van der Waals surface area contributed by atoms with Crippen molar-refractivity contribution in [1.29, 1.82) is 0 Å². The highest BCUT2D eigenvalue weighted by atomic mass is 35.5. The van der Waals surface area contributed by atoms with Gasteiger partial charge >= 0.3 is 0 Å². The molecule has 0 bridgehead atoms. The molecule has 5 nitrogen and oxygen atoms in total. The predicted octanol–water partition coefficient (Wildman–Crippen LogP) is 5.15. The van der Waals surface area contributed by atoms with Gasteiger partial charge in [0.2, 0.25) is 0 Å². The van der Waals surface area contributed by atoms with E-state index >= 15 is 0 Å². The lowest BCUT2D eigenvalue weighted by molar-refractivity contribution is 0.102. The van der Waals surface area contributed by atoms with Crippen LogP contribution in [0.3, 0.4) is 0 Å². The topological polar surface area (TPSA) is 75.3 Å². The van der Waals surface area contributed by atoms with Gasteiger partial charge in [0.15, 0.2) is 0 Å². The van der Waals surface area contributed by atoms with Gasteiger partial charge in [-0.15, -0.1) is 0 Å². The van der Waals surface area contributed by atoms with E-state index in [2.05, 4.69) is 10.0 Å². The van der Waals surface area contributed by atoms with E-state index in [0.29, 0.717) is 11.3 Å².